The summed E-state index contributed by atoms with van der Waals surface area (Å²) >= 11 is 1.22. The second kappa shape index (κ2) is 9.53. The van der Waals surface area contributed by atoms with E-state index < -0.39 is 0 Å². The van der Waals surface area contributed by atoms with Gasteiger partial charge in [0.1, 0.15) is 0 Å². The lowest BCUT2D eigenvalue weighted by Gasteiger charge is -2.13. The van der Waals surface area contributed by atoms with Gasteiger partial charge in [0.05, 0.1) is 16.7 Å². The van der Waals surface area contributed by atoms with Crippen LogP contribution in [0.3, 0.4) is 0 Å². The third-order valence-corrected chi connectivity index (χ3v) is 7.32. The molecule has 1 fully saturated rings. The molecule has 2 heterocycles. The molecule has 4 aromatic rings. The Bertz CT molecular complexity index is 1500. The van der Waals surface area contributed by atoms with E-state index in [-0.39, 0.29) is 29.2 Å². The summed E-state index contributed by atoms with van der Waals surface area (Å²) in [4.78, 5) is 38.4. The van der Waals surface area contributed by atoms with Gasteiger partial charge in [0.2, 0.25) is 11.7 Å². The Labute approximate surface area is 205 Å². The summed E-state index contributed by atoms with van der Waals surface area (Å²) in [6.45, 7) is 1.93. The second-order valence-electron chi connectivity index (χ2n) is 8.82. The first kappa shape index (κ1) is 23.1. The number of nitrogens with one attached hydrogen (secondary N) is 2. The molecule has 180 valence electrons. The number of anilines is 1. The number of aryl methyl sites for hydroxylation is 2. The van der Waals surface area contributed by atoms with Crippen molar-refractivity contribution in [3.8, 4) is 0 Å². The Morgan fingerprint density at radius 1 is 1.11 bits per heavy atom. The van der Waals surface area contributed by atoms with Crippen LogP contribution in [0.1, 0.15) is 41.6 Å². The van der Waals surface area contributed by atoms with Crippen molar-refractivity contribution in [2.45, 2.75) is 43.8 Å². The van der Waals surface area contributed by atoms with Gasteiger partial charge in [-0.1, -0.05) is 42.8 Å². The number of carbonyl (C=O) groups is 2. The number of hydrogen-bond acceptors (Lipinski definition) is 6. The molecule has 0 atom stereocenters. The van der Waals surface area contributed by atoms with Crippen molar-refractivity contribution in [2.75, 3.05) is 11.1 Å². The monoisotopic (exact) mass is 490 g/mol. The van der Waals surface area contributed by atoms with E-state index in [1.165, 1.54) is 16.3 Å². The van der Waals surface area contributed by atoms with Crippen LogP contribution in [0, 0.1) is 6.92 Å². The minimum absolute atomic E-state index is 0.112. The van der Waals surface area contributed by atoms with Gasteiger partial charge >= 0.3 is 0 Å². The largest absolute Gasteiger partial charge is 0.349 e. The van der Waals surface area contributed by atoms with E-state index in [1.807, 2.05) is 31.2 Å². The highest BCUT2D eigenvalue weighted by Crippen LogP contribution is 2.24. The minimum atomic E-state index is -0.225. The molecule has 0 aliphatic heterocycles. The molecule has 0 unspecified atom stereocenters. The Balaban J connectivity index is 1.46. The van der Waals surface area contributed by atoms with E-state index in [4.69, 9.17) is 0 Å². The minimum Gasteiger partial charge on any atom is -0.349 e. The number of benzene rings is 2. The highest BCUT2D eigenvalue weighted by molar-refractivity contribution is 7.99. The third-order valence-electron chi connectivity index (χ3n) is 6.39. The highest BCUT2D eigenvalue weighted by atomic mass is 32.2. The molecule has 1 aliphatic rings. The summed E-state index contributed by atoms with van der Waals surface area (Å²) in [6.07, 6.45) is 4.22. The molecule has 2 aromatic heterocycles. The highest BCUT2D eigenvalue weighted by Gasteiger charge is 2.21. The van der Waals surface area contributed by atoms with Crippen LogP contribution in [0.4, 0.5) is 5.69 Å². The fraction of sp³-hybridized carbons (Fsp3) is 0.320. The lowest BCUT2D eigenvalue weighted by atomic mass is 10.1. The number of carbonyl (C=O) groups excluding carboxylic acids is 2. The lowest BCUT2D eigenvalue weighted by molar-refractivity contribution is -0.113. The Morgan fingerprint density at radius 2 is 1.89 bits per heavy atom. The van der Waals surface area contributed by atoms with E-state index >= 15 is 0 Å². The topological polar surface area (TPSA) is 110 Å². The van der Waals surface area contributed by atoms with Gasteiger partial charge in [-0.3, -0.25) is 23.4 Å². The summed E-state index contributed by atoms with van der Waals surface area (Å²) < 4.78 is 3.15. The maximum atomic E-state index is 12.9. The number of nitrogens with zero attached hydrogens (tertiary/aromatic N) is 4. The molecule has 10 heteroatoms. The van der Waals surface area contributed by atoms with E-state index in [1.54, 1.807) is 29.6 Å². The lowest BCUT2D eigenvalue weighted by Crippen LogP contribution is -2.32. The van der Waals surface area contributed by atoms with E-state index in [0.717, 1.165) is 36.9 Å². The number of thioether (sulfide) groups is 1. The van der Waals surface area contributed by atoms with Crippen LogP contribution in [0.2, 0.25) is 0 Å². The molecule has 5 rings (SSSR count). The van der Waals surface area contributed by atoms with Gasteiger partial charge in [-0.15, -0.1) is 10.2 Å². The maximum Gasteiger partial charge on any atom is 0.262 e. The Hall–Kier alpha value is -3.66. The van der Waals surface area contributed by atoms with E-state index in [0.29, 0.717) is 27.4 Å². The van der Waals surface area contributed by atoms with Crippen molar-refractivity contribution in [2.24, 2.45) is 7.05 Å². The van der Waals surface area contributed by atoms with Crippen molar-refractivity contribution < 1.29 is 9.59 Å². The van der Waals surface area contributed by atoms with Gasteiger partial charge in [0.15, 0.2) is 5.16 Å². The molecule has 2 N–H and O–H groups in total. The number of amides is 2. The van der Waals surface area contributed by atoms with Crippen LogP contribution in [-0.4, -0.2) is 42.8 Å². The van der Waals surface area contributed by atoms with Crippen molar-refractivity contribution in [1.82, 2.24) is 24.5 Å². The molecule has 2 aromatic carbocycles. The van der Waals surface area contributed by atoms with Gasteiger partial charge in [-0.2, -0.15) is 0 Å². The molecular weight excluding hydrogens is 464 g/mol. The fourth-order valence-electron chi connectivity index (χ4n) is 4.46. The van der Waals surface area contributed by atoms with Crippen LogP contribution >= 0.6 is 11.8 Å². The number of rotatable bonds is 6. The third kappa shape index (κ3) is 4.53. The SMILES string of the molecule is Cc1ccccc1NC(=O)CSc1nnc2n(C)c(=O)c3ccc(C(=O)NC4CCCC4)cc3n12. The normalized spacial score (nSPS) is 14.0. The summed E-state index contributed by atoms with van der Waals surface area (Å²) in [7, 11) is 1.63. The molecule has 35 heavy (non-hydrogen) atoms. The second-order valence-corrected chi connectivity index (χ2v) is 9.76. The van der Waals surface area contributed by atoms with Crippen LogP contribution in [0.15, 0.2) is 52.4 Å². The summed E-state index contributed by atoms with van der Waals surface area (Å²) in [5.41, 5.74) is 2.52. The van der Waals surface area contributed by atoms with Crippen molar-refractivity contribution in [3.05, 3.63) is 63.9 Å². The Kier molecular flexibility index (Phi) is 6.29. The summed E-state index contributed by atoms with van der Waals surface area (Å²) in [6, 6.07) is 12.8. The fourth-order valence-corrected chi connectivity index (χ4v) is 5.20. The van der Waals surface area contributed by atoms with Gasteiger partial charge in [-0.05, 0) is 49.6 Å². The summed E-state index contributed by atoms with van der Waals surface area (Å²) in [5.74, 6) is 0.124. The zero-order valence-electron chi connectivity index (χ0n) is 19.6. The van der Waals surface area contributed by atoms with Gasteiger partial charge in [-0.25, -0.2) is 0 Å². The maximum absolute atomic E-state index is 12.9. The van der Waals surface area contributed by atoms with Gasteiger partial charge in [0.25, 0.3) is 11.5 Å². The molecule has 1 aliphatic carbocycles. The van der Waals surface area contributed by atoms with Crippen LogP contribution in [0.25, 0.3) is 16.7 Å². The molecule has 0 radical (unpaired) electrons. The number of hydrogen-bond donors (Lipinski definition) is 2. The average molecular weight is 491 g/mol. The van der Waals surface area contributed by atoms with Crippen molar-refractivity contribution in [3.63, 3.8) is 0 Å². The molecule has 9 nitrogen and oxygen atoms in total. The van der Waals surface area contributed by atoms with Crippen LogP contribution in [0.5, 0.6) is 0 Å². The van der Waals surface area contributed by atoms with Crippen molar-refractivity contribution in [1.29, 1.82) is 0 Å². The molecular formula is C25H26N6O3S. The average Bonchev–Trinajstić information content (AvgIpc) is 3.52. The molecule has 0 bridgehead atoms. The molecule has 0 saturated heterocycles. The van der Waals surface area contributed by atoms with Crippen molar-refractivity contribution >= 4 is 45.9 Å². The Morgan fingerprint density at radius 3 is 2.66 bits per heavy atom. The summed E-state index contributed by atoms with van der Waals surface area (Å²) in [5, 5.41) is 15.3. The van der Waals surface area contributed by atoms with E-state index in [2.05, 4.69) is 20.8 Å². The molecule has 2 amide bonds. The molecule has 0 spiro atoms. The number of fused-ring (bicyclic) bond motifs is 3. The van der Waals surface area contributed by atoms with Crippen LogP contribution < -0.4 is 16.2 Å². The smallest absolute Gasteiger partial charge is 0.262 e. The van der Waals surface area contributed by atoms with Gasteiger partial charge in [0, 0.05) is 24.3 Å². The van der Waals surface area contributed by atoms with Gasteiger partial charge < -0.3 is 10.6 Å². The quantitative estimate of drug-likeness (QED) is 0.401. The predicted molar refractivity (Wildman–Crippen MR) is 136 cm³/mol. The first-order chi connectivity index (χ1) is 16.9. The van der Waals surface area contributed by atoms with Crippen LogP contribution in [-0.2, 0) is 11.8 Å². The number of para-hydroxylation sites is 1. The predicted octanol–water partition coefficient (Wildman–Crippen LogP) is 3.29. The molecule has 1 saturated carbocycles. The zero-order valence-corrected chi connectivity index (χ0v) is 20.4. The first-order valence-corrected chi connectivity index (χ1v) is 12.6. The first-order valence-electron chi connectivity index (χ1n) is 11.6. The standard InChI is InChI=1S/C25H26N6O3S/c1-15-7-3-6-10-19(15)27-21(32)14-35-25-29-28-24-30(2)23(34)18-12-11-16(13-20(18)31(24)25)22(33)26-17-8-4-5-9-17/h3,6-7,10-13,17H,4-5,8-9,14H2,1-2H3,(H,26,33)(H,27,32). The van der Waals surface area contributed by atoms with E-state index in [9.17, 15) is 14.4 Å². The number of aromatic nitrogens is 4. The zero-order chi connectivity index (χ0) is 24.5.